The van der Waals surface area contributed by atoms with Crippen LogP contribution in [-0.4, -0.2) is 15.7 Å². The van der Waals surface area contributed by atoms with Gasteiger partial charge in [-0.2, -0.15) is 0 Å². The minimum absolute atomic E-state index is 0.00639. The Hall–Kier alpha value is -2.37. The second kappa shape index (κ2) is 3.09. The maximum absolute atomic E-state index is 10.7. The molecule has 6 heteroatoms. The second-order valence-corrected chi connectivity index (χ2v) is 3.11. The molecule has 1 aromatic carbocycles. The number of benzene rings is 1. The largest absolute Gasteiger partial charge is 0.384 e. The highest BCUT2D eigenvalue weighted by atomic mass is 16.6. The van der Waals surface area contributed by atoms with E-state index in [9.17, 15) is 10.1 Å². The lowest BCUT2D eigenvalue weighted by Gasteiger charge is -1.97. The topological polar surface area (TPSA) is 109 Å². The minimum Gasteiger partial charge on any atom is -0.384 e. The zero-order valence-corrected chi connectivity index (χ0v) is 7.65. The molecule has 76 valence electrons. The van der Waals surface area contributed by atoms with Gasteiger partial charge in [-0.15, -0.1) is 0 Å². The van der Waals surface area contributed by atoms with Gasteiger partial charge in [-0.25, -0.2) is 0 Å². The fraction of sp³-hybridized carbons (Fsp3) is 0. The number of nitrogen functional groups attached to an aromatic ring is 1. The molecule has 0 aliphatic heterocycles. The molecule has 4 N–H and O–H groups in total. The van der Waals surface area contributed by atoms with Gasteiger partial charge in [0.15, 0.2) is 0 Å². The van der Waals surface area contributed by atoms with Gasteiger partial charge >= 0.3 is 0 Å². The second-order valence-electron chi connectivity index (χ2n) is 3.11. The van der Waals surface area contributed by atoms with Crippen LogP contribution in [0.1, 0.15) is 5.56 Å². The van der Waals surface area contributed by atoms with Gasteiger partial charge < -0.3 is 10.7 Å². The Balaban J connectivity index is 2.72. The normalized spacial score (nSPS) is 10.4. The molecule has 6 nitrogen and oxygen atoms in total. The van der Waals surface area contributed by atoms with Crippen LogP contribution in [0.4, 0.5) is 5.69 Å². The maximum Gasteiger partial charge on any atom is 0.294 e. The van der Waals surface area contributed by atoms with Crippen LogP contribution in [-0.2, 0) is 0 Å². The highest BCUT2D eigenvalue weighted by Crippen LogP contribution is 2.25. The fourth-order valence-corrected chi connectivity index (χ4v) is 1.42. The van der Waals surface area contributed by atoms with Crippen LogP contribution in [0.15, 0.2) is 24.4 Å². The number of amidine groups is 1. The summed E-state index contributed by atoms with van der Waals surface area (Å²) in [5, 5.41) is 18.4. The molecule has 0 saturated heterocycles. The van der Waals surface area contributed by atoms with Crippen molar-refractivity contribution in [3.8, 4) is 0 Å². The lowest BCUT2D eigenvalue weighted by Crippen LogP contribution is -2.10. The van der Waals surface area contributed by atoms with E-state index in [1.807, 2.05) is 0 Å². The van der Waals surface area contributed by atoms with Gasteiger partial charge in [0.25, 0.3) is 5.69 Å². The summed E-state index contributed by atoms with van der Waals surface area (Å²) in [6.45, 7) is 0. The van der Waals surface area contributed by atoms with Crippen molar-refractivity contribution < 1.29 is 4.92 Å². The maximum atomic E-state index is 10.7. The monoisotopic (exact) mass is 204 g/mol. The van der Waals surface area contributed by atoms with E-state index in [1.165, 1.54) is 12.3 Å². The van der Waals surface area contributed by atoms with Crippen molar-refractivity contribution in [1.82, 2.24) is 4.98 Å². The molecule has 1 heterocycles. The van der Waals surface area contributed by atoms with Crippen molar-refractivity contribution in [2.75, 3.05) is 0 Å². The standard InChI is InChI=1S/C9H8N4O2/c10-9(11)5-1-2-7-6(3-5)8(4-12-7)13(14)15/h1-4,12H,(H3,10,11). The van der Waals surface area contributed by atoms with Crippen molar-refractivity contribution in [2.24, 2.45) is 5.73 Å². The summed E-state index contributed by atoms with van der Waals surface area (Å²) in [5.74, 6) is -0.104. The Morgan fingerprint density at radius 2 is 2.27 bits per heavy atom. The number of nitrogens with one attached hydrogen (secondary N) is 2. The van der Waals surface area contributed by atoms with E-state index in [0.29, 0.717) is 16.5 Å². The summed E-state index contributed by atoms with van der Waals surface area (Å²) in [5.41, 5.74) is 6.43. The number of aromatic amines is 1. The van der Waals surface area contributed by atoms with Crippen molar-refractivity contribution in [2.45, 2.75) is 0 Å². The van der Waals surface area contributed by atoms with Crippen molar-refractivity contribution in [1.29, 1.82) is 5.41 Å². The van der Waals surface area contributed by atoms with Crippen molar-refractivity contribution >= 4 is 22.4 Å². The molecule has 15 heavy (non-hydrogen) atoms. The summed E-state index contributed by atoms with van der Waals surface area (Å²) in [4.78, 5) is 13.0. The van der Waals surface area contributed by atoms with E-state index in [-0.39, 0.29) is 11.5 Å². The molecule has 0 unspecified atom stereocenters. The number of nitrogens with two attached hydrogens (primary N) is 1. The zero-order chi connectivity index (χ0) is 11.0. The van der Waals surface area contributed by atoms with Crippen LogP contribution in [0, 0.1) is 15.5 Å². The van der Waals surface area contributed by atoms with Crippen LogP contribution in [0.5, 0.6) is 0 Å². The first-order valence-electron chi connectivity index (χ1n) is 4.19. The lowest BCUT2D eigenvalue weighted by molar-refractivity contribution is -0.383. The molecular formula is C9H8N4O2. The number of hydrogen-bond acceptors (Lipinski definition) is 3. The van der Waals surface area contributed by atoms with Crippen LogP contribution < -0.4 is 5.73 Å². The van der Waals surface area contributed by atoms with Crippen LogP contribution >= 0.6 is 0 Å². The van der Waals surface area contributed by atoms with Crippen LogP contribution in [0.2, 0.25) is 0 Å². The summed E-state index contributed by atoms with van der Waals surface area (Å²) in [6.07, 6.45) is 1.33. The Kier molecular flexibility index (Phi) is 1.89. The third-order valence-electron chi connectivity index (χ3n) is 2.17. The third kappa shape index (κ3) is 1.41. The molecule has 2 rings (SSSR count). The molecule has 0 bridgehead atoms. The lowest BCUT2D eigenvalue weighted by atomic mass is 10.1. The molecule has 0 fully saturated rings. The SMILES string of the molecule is N=C(N)c1ccc2[nH]cc([N+](=O)[O-])c2c1. The summed E-state index contributed by atoms with van der Waals surface area (Å²) in [6, 6.07) is 4.84. The first-order valence-corrected chi connectivity index (χ1v) is 4.19. The molecule has 1 aromatic heterocycles. The quantitative estimate of drug-likeness (QED) is 0.297. The first-order chi connectivity index (χ1) is 7.09. The average molecular weight is 204 g/mol. The fourth-order valence-electron chi connectivity index (χ4n) is 1.42. The van der Waals surface area contributed by atoms with Gasteiger partial charge in [-0.05, 0) is 18.2 Å². The Morgan fingerprint density at radius 1 is 1.53 bits per heavy atom. The van der Waals surface area contributed by atoms with Gasteiger partial charge in [-0.1, -0.05) is 0 Å². The van der Waals surface area contributed by atoms with E-state index in [1.54, 1.807) is 12.1 Å². The van der Waals surface area contributed by atoms with Gasteiger partial charge in [0.05, 0.1) is 22.0 Å². The molecule has 0 atom stereocenters. The van der Waals surface area contributed by atoms with Crippen LogP contribution in [0.25, 0.3) is 10.9 Å². The van der Waals surface area contributed by atoms with E-state index < -0.39 is 4.92 Å². The number of rotatable bonds is 2. The first kappa shape index (κ1) is 9.20. The predicted octanol–water partition coefficient (Wildman–Crippen LogP) is 1.36. The molecule has 2 aromatic rings. The Morgan fingerprint density at radius 3 is 2.87 bits per heavy atom. The van der Waals surface area contributed by atoms with E-state index in [0.717, 1.165) is 0 Å². The zero-order valence-electron chi connectivity index (χ0n) is 7.65. The van der Waals surface area contributed by atoms with Gasteiger partial charge in [-0.3, -0.25) is 15.5 Å². The molecule has 0 radical (unpaired) electrons. The molecule has 0 saturated carbocycles. The van der Waals surface area contributed by atoms with E-state index >= 15 is 0 Å². The number of H-pyrrole nitrogens is 1. The average Bonchev–Trinajstić information content (AvgIpc) is 2.59. The Labute approximate surface area is 84.4 Å². The van der Waals surface area contributed by atoms with Gasteiger partial charge in [0.2, 0.25) is 0 Å². The number of nitro groups is 1. The number of aromatic nitrogens is 1. The summed E-state index contributed by atoms with van der Waals surface area (Å²) < 4.78 is 0. The molecule has 0 amide bonds. The predicted molar refractivity (Wildman–Crippen MR) is 56.0 cm³/mol. The smallest absolute Gasteiger partial charge is 0.294 e. The third-order valence-corrected chi connectivity index (χ3v) is 2.17. The highest BCUT2D eigenvalue weighted by molar-refractivity contribution is 6.00. The molecule has 0 aliphatic rings. The number of hydrogen-bond donors (Lipinski definition) is 3. The van der Waals surface area contributed by atoms with Gasteiger partial charge in [0, 0.05) is 5.56 Å². The van der Waals surface area contributed by atoms with Crippen LogP contribution in [0.3, 0.4) is 0 Å². The van der Waals surface area contributed by atoms with E-state index in [4.69, 9.17) is 11.1 Å². The van der Waals surface area contributed by atoms with Crippen molar-refractivity contribution in [3.63, 3.8) is 0 Å². The summed E-state index contributed by atoms with van der Waals surface area (Å²) in [7, 11) is 0. The van der Waals surface area contributed by atoms with E-state index in [2.05, 4.69) is 4.98 Å². The van der Waals surface area contributed by atoms with Gasteiger partial charge in [0.1, 0.15) is 5.84 Å². The minimum atomic E-state index is -0.469. The van der Waals surface area contributed by atoms with Crippen molar-refractivity contribution in [3.05, 3.63) is 40.1 Å². The molecular weight excluding hydrogens is 196 g/mol. The molecule has 0 spiro atoms. The Bertz CT molecular complexity index is 558. The highest BCUT2D eigenvalue weighted by Gasteiger charge is 2.14. The number of fused-ring (bicyclic) bond motifs is 1. The summed E-state index contributed by atoms with van der Waals surface area (Å²) >= 11 is 0. The molecule has 0 aliphatic carbocycles. The number of nitrogens with zero attached hydrogens (tertiary/aromatic N) is 1.